The number of aliphatic hydroxyl groups excluding tert-OH is 3. The minimum absolute atomic E-state index is 0.234. The SMILES string of the molecule is CCCCCCCCCCCCCCCCCCOC(CCCCCCCCCCCCCCCCCC)C(CO)(CO)CO.O=P(O)(O)O. The van der Waals surface area contributed by atoms with Gasteiger partial charge < -0.3 is 34.7 Å². The molecule has 0 aromatic heterocycles. The maximum atomic E-state index is 10.0. The van der Waals surface area contributed by atoms with Gasteiger partial charge in [0.25, 0.3) is 0 Å². The number of unbranched alkanes of at least 4 members (excludes halogenated alkanes) is 30. The molecule has 0 aliphatic heterocycles. The summed E-state index contributed by atoms with van der Waals surface area (Å²) in [5.41, 5.74) is -0.940. The molecule has 0 saturated heterocycles. The molecule has 8 nitrogen and oxygen atoms in total. The van der Waals surface area contributed by atoms with Crippen molar-refractivity contribution in [3.05, 3.63) is 0 Å². The summed E-state index contributed by atoms with van der Waals surface area (Å²) in [4.78, 5) is 21.6. The fourth-order valence-electron chi connectivity index (χ4n) is 6.78. The second-order valence-corrected chi connectivity index (χ2v) is 16.1. The third-order valence-electron chi connectivity index (χ3n) is 10.3. The van der Waals surface area contributed by atoms with E-state index >= 15 is 0 Å². The minimum atomic E-state index is -4.64. The van der Waals surface area contributed by atoms with Crippen molar-refractivity contribution >= 4 is 7.82 Å². The zero-order valence-corrected chi connectivity index (χ0v) is 34.1. The van der Waals surface area contributed by atoms with Crippen LogP contribution in [0.3, 0.4) is 0 Å². The molecule has 0 fully saturated rings. The van der Waals surface area contributed by atoms with Gasteiger partial charge in [-0.15, -0.1) is 0 Å². The fourth-order valence-corrected chi connectivity index (χ4v) is 6.78. The van der Waals surface area contributed by atoms with E-state index in [9.17, 15) is 15.3 Å². The van der Waals surface area contributed by atoms with Gasteiger partial charge in [0.1, 0.15) is 0 Å². The minimum Gasteiger partial charge on any atom is -0.396 e. The quantitative estimate of drug-likeness (QED) is 0.0270. The van der Waals surface area contributed by atoms with Crippen LogP contribution < -0.4 is 0 Å². The van der Waals surface area contributed by atoms with E-state index in [2.05, 4.69) is 13.8 Å². The number of hydrogen-bond acceptors (Lipinski definition) is 5. The lowest BCUT2D eigenvalue weighted by molar-refractivity contribution is -0.117. The molecular formula is C41H87O8P. The highest BCUT2D eigenvalue weighted by Crippen LogP contribution is 2.29. The Labute approximate surface area is 310 Å². The number of hydrogen-bond donors (Lipinski definition) is 6. The first-order chi connectivity index (χ1) is 24.2. The van der Waals surface area contributed by atoms with Crippen molar-refractivity contribution in [1.82, 2.24) is 0 Å². The Morgan fingerprint density at radius 3 is 0.880 bits per heavy atom. The summed E-state index contributed by atoms with van der Waals surface area (Å²) in [7, 11) is -4.64. The molecule has 0 aliphatic rings. The molecule has 304 valence electrons. The molecule has 0 heterocycles. The largest absolute Gasteiger partial charge is 0.466 e. The van der Waals surface area contributed by atoms with Crippen molar-refractivity contribution in [2.24, 2.45) is 5.41 Å². The van der Waals surface area contributed by atoms with E-state index in [1.807, 2.05) is 0 Å². The van der Waals surface area contributed by atoms with Crippen LogP contribution in [0.4, 0.5) is 0 Å². The summed E-state index contributed by atoms with van der Waals surface area (Å²) in [6.45, 7) is 4.53. The average Bonchev–Trinajstić information content (AvgIpc) is 3.09. The highest BCUT2D eigenvalue weighted by Gasteiger charge is 2.38. The molecule has 1 unspecified atom stereocenters. The van der Waals surface area contributed by atoms with Crippen LogP contribution in [-0.2, 0) is 9.30 Å². The van der Waals surface area contributed by atoms with Crippen molar-refractivity contribution in [2.45, 2.75) is 232 Å². The predicted octanol–water partition coefficient (Wildman–Crippen LogP) is 11.3. The van der Waals surface area contributed by atoms with E-state index in [-0.39, 0.29) is 25.9 Å². The van der Waals surface area contributed by atoms with Crippen LogP contribution in [0, 0.1) is 5.41 Å². The topological polar surface area (TPSA) is 148 Å². The molecule has 1 atom stereocenters. The zero-order chi connectivity index (χ0) is 37.4. The van der Waals surface area contributed by atoms with Crippen LogP contribution in [0.5, 0.6) is 0 Å². The van der Waals surface area contributed by atoms with E-state index in [0.717, 1.165) is 25.7 Å². The highest BCUT2D eigenvalue weighted by molar-refractivity contribution is 7.45. The summed E-state index contributed by atoms with van der Waals surface area (Å²) >= 11 is 0. The maximum absolute atomic E-state index is 10.0. The lowest BCUT2D eigenvalue weighted by Gasteiger charge is -2.36. The summed E-state index contributed by atoms with van der Waals surface area (Å²) in [6, 6.07) is 0. The summed E-state index contributed by atoms with van der Waals surface area (Å²) in [5, 5.41) is 30.1. The monoisotopic (exact) mass is 739 g/mol. The predicted molar refractivity (Wildman–Crippen MR) is 211 cm³/mol. The van der Waals surface area contributed by atoms with Crippen molar-refractivity contribution < 1.29 is 39.3 Å². The second kappa shape index (κ2) is 40.1. The second-order valence-electron chi connectivity index (χ2n) is 15.1. The average molecular weight is 739 g/mol. The molecular weight excluding hydrogens is 651 g/mol. The van der Waals surface area contributed by atoms with Crippen LogP contribution in [-0.4, -0.2) is 62.5 Å². The summed E-state index contributed by atoms with van der Waals surface area (Å²) in [6.07, 6.45) is 43.7. The number of aliphatic hydroxyl groups is 3. The normalized spacial score (nSPS) is 12.6. The van der Waals surface area contributed by atoms with Gasteiger partial charge in [-0.25, -0.2) is 4.57 Å². The van der Waals surface area contributed by atoms with Crippen LogP contribution >= 0.6 is 7.82 Å². The van der Waals surface area contributed by atoms with Crippen molar-refractivity contribution in [3.8, 4) is 0 Å². The van der Waals surface area contributed by atoms with E-state index in [1.54, 1.807) is 0 Å². The Hall–Kier alpha value is -0.0500. The number of rotatable bonds is 39. The molecule has 0 aliphatic carbocycles. The van der Waals surface area contributed by atoms with Crippen LogP contribution in [0.15, 0.2) is 0 Å². The standard InChI is InChI=1S/C41H84O4.H3O4P/c1-3-5-7-9-11-13-15-17-19-21-23-25-27-29-31-33-35-40(41(37-42,38-43)39-44)45-36-34-32-30-28-26-24-22-20-18-16-14-12-10-8-6-4-2;1-5(2,3)4/h40,42-44H,3-39H2,1-2H3;(H3,1,2,3,4). The first kappa shape index (κ1) is 52.1. The third kappa shape index (κ3) is 39.2. The van der Waals surface area contributed by atoms with Gasteiger partial charge in [-0.3, -0.25) is 0 Å². The number of phosphoric acid groups is 1. The smallest absolute Gasteiger partial charge is 0.396 e. The first-order valence-corrected chi connectivity index (χ1v) is 23.0. The third-order valence-corrected chi connectivity index (χ3v) is 10.3. The Morgan fingerprint density at radius 2 is 0.640 bits per heavy atom. The lowest BCUT2D eigenvalue weighted by Crippen LogP contribution is -2.46. The van der Waals surface area contributed by atoms with Gasteiger partial charge in [0.15, 0.2) is 0 Å². The van der Waals surface area contributed by atoms with Crippen molar-refractivity contribution in [2.75, 3.05) is 26.4 Å². The molecule has 0 radical (unpaired) electrons. The Kier molecular flexibility index (Phi) is 41.8. The van der Waals surface area contributed by atoms with Gasteiger partial charge >= 0.3 is 7.82 Å². The molecule has 0 bridgehead atoms. The van der Waals surface area contributed by atoms with Gasteiger partial charge in [0.2, 0.25) is 0 Å². The molecule has 0 saturated carbocycles. The van der Waals surface area contributed by atoms with E-state index in [0.29, 0.717) is 6.61 Å². The fraction of sp³-hybridized carbons (Fsp3) is 1.00. The zero-order valence-electron chi connectivity index (χ0n) is 33.2. The summed E-state index contributed by atoms with van der Waals surface area (Å²) in [5.74, 6) is 0. The Morgan fingerprint density at radius 1 is 0.420 bits per heavy atom. The van der Waals surface area contributed by atoms with E-state index in [4.69, 9.17) is 24.0 Å². The molecule has 0 rings (SSSR count). The molecule has 6 N–H and O–H groups in total. The summed E-state index contributed by atoms with van der Waals surface area (Å²) < 4.78 is 15.1. The molecule has 0 aromatic rings. The molecule has 0 spiro atoms. The molecule has 50 heavy (non-hydrogen) atoms. The molecule has 9 heteroatoms. The lowest BCUT2D eigenvalue weighted by atomic mass is 9.81. The number of ether oxygens (including phenoxy) is 1. The Bertz CT molecular complexity index is 669. The first-order valence-electron chi connectivity index (χ1n) is 21.4. The van der Waals surface area contributed by atoms with E-state index < -0.39 is 13.2 Å². The van der Waals surface area contributed by atoms with Crippen molar-refractivity contribution in [3.63, 3.8) is 0 Å². The molecule has 0 amide bonds. The van der Waals surface area contributed by atoms with Crippen LogP contribution in [0.25, 0.3) is 0 Å². The maximum Gasteiger partial charge on any atom is 0.466 e. The van der Waals surface area contributed by atoms with Gasteiger partial charge in [-0.05, 0) is 12.8 Å². The van der Waals surface area contributed by atoms with Gasteiger partial charge in [0, 0.05) is 6.61 Å². The molecule has 0 aromatic carbocycles. The highest BCUT2D eigenvalue weighted by atomic mass is 31.2. The van der Waals surface area contributed by atoms with Gasteiger partial charge in [-0.1, -0.05) is 213 Å². The van der Waals surface area contributed by atoms with Crippen LogP contribution in [0.1, 0.15) is 226 Å². The van der Waals surface area contributed by atoms with Crippen molar-refractivity contribution in [1.29, 1.82) is 0 Å². The Balaban J connectivity index is 0. The van der Waals surface area contributed by atoms with Gasteiger partial charge in [-0.2, -0.15) is 0 Å². The van der Waals surface area contributed by atoms with Gasteiger partial charge in [0.05, 0.1) is 31.3 Å². The van der Waals surface area contributed by atoms with Crippen LogP contribution in [0.2, 0.25) is 0 Å². The van der Waals surface area contributed by atoms with E-state index in [1.165, 1.54) is 186 Å².